The van der Waals surface area contributed by atoms with E-state index in [2.05, 4.69) is 31.4 Å². The predicted molar refractivity (Wildman–Crippen MR) is 112 cm³/mol. The minimum absolute atomic E-state index is 0.161. The highest BCUT2D eigenvalue weighted by Crippen LogP contribution is 2.21. The molecule has 9 nitrogen and oxygen atoms in total. The smallest absolute Gasteiger partial charge is 0.358 e. The second-order valence-electron chi connectivity index (χ2n) is 6.77. The maximum absolute atomic E-state index is 12.3. The molecule has 1 N–H and O–H groups in total. The van der Waals surface area contributed by atoms with E-state index in [1.54, 1.807) is 6.92 Å². The Morgan fingerprint density at radius 1 is 1.21 bits per heavy atom. The van der Waals surface area contributed by atoms with Crippen molar-refractivity contribution in [1.29, 1.82) is 0 Å². The lowest BCUT2D eigenvalue weighted by molar-refractivity contribution is -0.389. The second-order valence-corrected chi connectivity index (χ2v) is 7.56. The van der Waals surface area contributed by atoms with Gasteiger partial charge in [0.2, 0.25) is 5.91 Å². The van der Waals surface area contributed by atoms with Gasteiger partial charge in [0.15, 0.2) is 0 Å². The van der Waals surface area contributed by atoms with Crippen LogP contribution in [0.2, 0.25) is 0 Å². The third-order valence-corrected chi connectivity index (χ3v) is 5.69. The molecular weight excluding hydrogens is 440 g/mol. The molecule has 3 rings (SSSR count). The van der Waals surface area contributed by atoms with Crippen molar-refractivity contribution >= 4 is 33.3 Å². The molecule has 29 heavy (non-hydrogen) atoms. The number of aryl methyl sites for hydroxylation is 3. The number of hydrogen-bond acceptors (Lipinski definition) is 5. The Morgan fingerprint density at radius 2 is 1.97 bits per heavy atom. The van der Waals surface area contributed by atoms with Crippen LogP contribution in [0.5, 0.6) is 0 Å². The molecule has 0 spiro atoms. The van der Waals surface area contributed by atoms with Gasteiger partial charge in [-0.15, -0.1) is 0 Å². The molecule has 1 aromatic carbocycles. The van der Waals surface area contributed by atoms with Crippen molar-refractivity contribution in [2.75, 3.05) is 5.32 Å². The Morgan fingerprint density at radius 3 is 2.59 bits per heavy atom. The molecule has 0 radical (unpaired) electrons. The molecule has 3 aromatic rings. The number of carbonyl (C=O) groups is 1. The number of benzene rings is 1. The average Bonchev–Trinajstić information content (AvgIpc) is 3.16. The summed E-state index contributed by atoms with van der Waals surface area (Å²) in [7, 11) is 0. The summed E-state index contributed by atoms with van der Waals surface area (Å²) in [4.78, 5) is 22.5. The van der Waals surface area contributed by atoms with Crippen LogP contribution < -0.4 is 5.32 Å². The molecule has 0 aliphatic heterocycles. The zero-order chi connectivity index (χ0) is 21.1. The van der Waals surface area contributed by atoms with Crippen molar-refractivity contribution in [2.45, 2.75) is 40.3 Å². The Hall–Kier alpha value is -3.01. The summed E-state index contributed by atoms with van der Waals surface area (Å²) >= 11 is 3.53. The molecule has 2 heterocycles. The quantitative estimate of drug-likeness (QED) is 0.426. The maximum atomic E-state index is 12.3. The van der Waals surface area contributed by atoms with Gasteiger partial charge in [-0.2, -0.15) is 9.78 Å². The van der Waals surface area contributed by atoms with Crippen molar-refractivity contribution < 1.29 is 9.72 Å². The molecule has 0 fully saturated rings. The molecule has 1 amide bonds. The first-order chi connectivity index (χ1) is 13.7. The van der Waals surface area contributed by atoms with Crippen molar-refractivity contribution in [1.82, 2.24) is 19.6 Å². The van der Waals surface area contributed by atoms with E-state index in [1.165, 1.54) is 10.7 Å². The lowest BCUT2D eigenvalue weighted by Gasteiger charge is -2.09. The Labute approximate surface area is 176 Å². The molecule has 2 aromatic heterocycles. The zero-order valence-corrected chi connectivity index (χ0v) is 17.9. The monoisotopic (exact) mass is 460 g/mol. The highest BCUT2D eigenvalue weighted by molar-refractivity contribution is 9.10. The summed E-state index contributed by atoms with van der Waals surface area (Å²) in [6.45, 7) is 6.53. The summed E-state index contributed by atoms with van der Waals surface area (Å²) < 4.78 is 4.37. The molecule has 0 bridgehead atoms. The van der Waals surface area contributed by atoms with Crippen molar-refractivity contribution in [3.63, 3.8) is 0 Å². The van der Waals surface area contributed by atoms with E-state index in [-0.39, 0.29) is 24.7 Å². The second kappa shape index (κ2) is 8.56. The number of nitro groups is 1. The van der Waals surface area contributed by atoms with Crippen LogP contribution in [0.4, 0.5) is 11.5 Å². The van der Waals surface area contributed by atoms with E-state index in [1.807, 2.05) is 42.8 Å². The first-order valence-electron chi connectivity index (χ1n) is 9.01. The van der Waals surface area contributed by atoms with Gasteiger partial charge in [0.1, 0.15) is 0 Å². The lowest BCUT2D eigenvalue weighted by atomic mass is 10.2. The van der Waals surface area contributed by atoms with Crippen LogP contribution in [0.1, 0.15) is 29.1 Å². The van der Waals surface area contributed by atoms with E-state index in [4.69, 9.17) is 0 Å². The molecule has 152 valence electrons. The lowest BCUT2D eigenvalue weighted by Crippen LogP contribution is -2.16. The minimum atomic E-state index is -0.545. The fourth-order valence-corrected chi connectivity index (χ4v) is 3.27. The highest BCUT2D eigenvalue weighted by Gasteiger charge is 2.16. The van der Waals surface area contributed by atoms with Gasteiger partial charge in [0.05, 0.1) is 45.8 Å². The van der Waals surface area contributed by atoms with Crippen LogP contribution in [0.15, 0.2) is 34.8 Å². The summed E-state index contributed by atoms with van der Waals surface area (Å²) in [5.41, 5.74) is 4.32. The maximum Gasteiger partial charge on any atom is 0.390 e. The Bertz CT molecular complexity index is 1070. The number of nitrogens with zero attached hydrogens (tertiary/aromatic N) is 5. The van der Waals surface area contributed by atoms with Gasteiger partial charge in [-0.25, -0.2) is 0 Å². The number of carbonyl (C=O) groups excluding carboxylic acids is 1. The Balaban J connectivity index is 1.61. The SMILES string of the molecule is Cc1nn(Cc2cccc(NC(=O)CCn3nc([N+](=O)[O-])cc3C)c2)c(C)c1Br. The number of rotatable bonds is 7. The zero-order valence-electron chi connectivity index (χ0n) is 16.3. The van der Waals surface area contributed by atoms with Crippen molar-refractivity contribution in [2.24, 2.45) is 0 Å². The van der Waals surface area contributed by atoms with E-state index in [0.717, 1.165) is 21.4 Å². The number of hydrogen-bond donors (Lipinski definition) is 1. The number of aromatic nitrogens is 4. The topological polar surface area (TPSA) is 108 Å². The molecular formula is C19H21BrN6O3. The normalized spacial score (nSPS) is 10.9. The molecule has 0 unspecified atom stereocenters. The fourth-order valence-electron chi connectivity index (χ4n) is 2.99. The first-order valence-corrected chi connectivity index (χ1v) is 9.81. The van der Waals surface area contributed by atoms with E-state index < -0.39 is 4.92 Å². The van der Waals surface area contributed by atoms with Gasteiger partial charge < -0.3 is 15.4 Å². The fraction of sp³-hybridized carbons (Fsp3) is 0.316. The van der Waals surface area contributed by atoms with Gasteiger partial charge in [0.25, 0.3) is 0 Å². The number of amides is 1. The molecule has 0 saturated carbocycles. The average molecular weight is 461 g/mol. The molecule has 0 saturated heterocycles. The summed E-state index contributed by atoms with van der Waals surface area (Å²) in [5.74, 6) is -0.403. The largest absolute Gasteiger partial charge is 0.390 e. The summed E-state index contributed by atoms with van der Waals surface area (Å²) in [6, 6.07) is 8.98. The highest BCUT2D eigenvalue weighted by atomic mass is 79.9. The van der Waals surface area contributed by atoms with E-state index >= 15 is 0 Å². The van der Waals surface area contributed by atoms with E-state index in [0.29, 0.717) is 17.9 Å². The minimum Gasteiger partial charge on any atom is -0.358 e. The number of halogens is 1. The Kier molecular flexibility index (Phi) is 6.12. The molecule has 10 heteroatoms. The standard InChI is InChI=1S/C19H21BrN6O3/c1-12-9-17(26(28)29)23-24(12)8-7-18(27)21-16-6-4-5-15(10-16)11-25-14(3)19(20)13(2)22-25/h4-6,9-10H,7-8,11H2,1-3H3,(H,21,27). The van der Waals surface area contributed by atoms with Gasteiger partial charge in [-0.3, -0.25) is 9.48 Å². The summed E-state index contributed by atoms with van der Waals surface area (Å²) in [6.07, 6.45) is 0.161. The molecule has 0 aliphatic rings. The third-order valence-electron chi connectivity index (χ3n) is 4.54. The molecule has 0 atom stereocenters. The number of nitrogens with one attached hydrogen (secondary N) is 1. The van der Waals surface area contributed by atoms with Gasteiger partial charge in [-0.05, 0) is 59.3 Å². The van der Waals surface area contributed by atoms with Gasteiger partial charge in [0, 0.05) is 12.1 Å². The van der Waals surface area contributed by atoms with Gasteiger partial charge in [-0.1, -0.05) is 12.1 Å². The van der Waals surface area contributed by atoms with Crippen LogP contribution in [0.3, 0.4) is 0 Å². The van der Waals surface area contributed by atoms with E-state index in [9.17, 15) is 14.9 Å². The van der Waals surface area contributed by atoms with Crippen LogP contribution in [0.25, 0.3) is 0 Å². The van der Waals surface area contributed by atoms with Crippen LogP contribution >= 0.6 is 15.9 Å². The van der Waals surface area contributed by atoms with Crippen LogP contribution in [-0.2, 0) is 17.9 Å². The summed E-state index contributed by atoms with van der Waals surface area (Å²) in [5, 5.41) is 22.1. The van der Waals surface area contributed by atoms with Crippen LogP contribution in [-0.4, -0.2) is 30.4 Å². The van der Waals surface area contributed by atoms with Crippen LogP contribution in [0, 0.1) is 30.9 Å². The first kappa shape index (κ1) is 20.7. The predicted octanol–water partition coefficient (Wildman–Crippen LogP) is 3.75. The number of anilines is 1. The van der Waals surface area contributed by atoms with Gasteiger partial charge >= 0.3 is 5.82 Å². The van der Waals surface area contributed by atoms with Crippen molar-refractivity contribution in [3.05, 3.63) is 67.6 Å². The van der Waals surface area contributed by atoms with Crippen molar-refractivity contribution in [3.8, 4) is 0 Å². The third kappa shape index (κ3) is 4.89. The molecule has 0 aliphatic carbocycles.